The molecule has 2 rings (SSSR count). The lowest BCUT2D eigenvalue weighted by Gasteiger charge is -2.38. The van der Waals surface area contributed by atoms with Crippen LogP contribution in [0.15, 0.2) is 0 Å². The third-order valence-electron chi connectivity index (χ3n) is 3.98. The van der Waals surface area contributed by atoms with Gasteiger partial charge in [-0.15, -0.1) is 0 Å². The zero-order chi connectivity index (χ0) is 13.2. The first kappa shape index (κ1) is 13.8. The van der Waals surface area contributed by atoms with Gasteiger partial charge in [-0.3, -0.25) is 10.2 Å². The normalized spacial score (nSPS) is 32.8. The van der Waals surface area contributed by atoms with Gasteiger partial charge in [-0.25, -0.2) is 0 Å². The second-order valence-corrected chi connectivity index (χ2v) is 6.10. The van der Waals surface area contributed by atoms with Crippen LogP contribution in [0.2, 0.25) is 0 Å². The summed E-state index contributed by atoms with van der Waals surface area (Å²) in [7, 11) is 0. The molecule has 3 atom stereocenters. The van der Waals surface area contributed by atoms with E-state index < -0.39 is 0 Å². The number of nitrogens with one attached hydrogen (secondary N) is 1. The lowest BCUT2D eigenvalue weighted by Crippen LogP contribution is -2.51. The highest BCUT2D eigenvalue weighted by molar-refractivity contribution is 5.07. The molecule has 2 fully saturated rings. The molecule has 0 aromatic heterocycles. The third-order valence-corrected chi connectivity index (χ3v) is 3.98. The molecule has 1 saturated carbocycles. The highest BCUT2D eigenvalue weighted by Gasteiger charge is 2.33. The summed E-state index contributed by atoms with van der Waals surface area (Å²) in [5.41, 5.74) is -0.373. The number of hydrogen-bond donors (Lipinski definition) is 1. The Morgan fingerprint density at radius 1 is 1.44 bits per heavy atom. The fourth-order valence-electron chi connectivity index (χ4n) is 2.49. The Kier molecular flexibility index (Phi) is 4.26. The molecule has 0 aromatic carbocycles. The van der Waals surface area contributed by atoms with Gasteiger partial charge in [0.2, 0.25) is 0 Å². The Morgan fingerprint density at radius 2 is 2.17 bits per heavy atom. The molecule has 3 unspecified atom stereocenters. The number of nitrogens with zero attached hydrogens (tertiary/aromatic N) is 2. The van der Waals surface area contributed by atoms with Crippen molar-refractivity contribution in [1.29, 1.82) is 5.26 Å². The van der Waals surface area contributed by atoms with Crippen molar-refractivity contribution in [2.75, 3.05) is 19.7 Å². The maximum atomic E-state index is 9.35. The predicted octanol–water partition coefficient (Wildman–Crippen LogP) is 1.52. The van der Waals surface area contributed by atoms with E-state index in [2.05, 4.69) is 30.1 Å². The van der Waals surface area contributed by atoms with E-state index in [0.29, 0.717) is 18.2 Å². The first-order valence-corrected chi connectivity index (χ1v) is 7.07. The molecule has 0 bridgehead atoms. The van der Waals surface area contributed by atoms with Gasteiger partial charge in [-0.05, 0) is 40.0 Å². The minimum absolute atomic E-state index is 0.311. The quantitative estimate of drug-likeness (QED) is 0.805. The van der Waals surface area contributed by atoms with Gasteiger partial charge in [0, 0.05) is 25.2 Å². The van der Waals surface area contributed by atoms with E-state index in [9.17, 15) is 5.26 Å². The summed E-state index contributed by atoms with van der Waals surface area (Å²) in [6.07, 6.45) is 3.65. The number of ether oxygens (including phenoxy) is 1. The molecule has 4 nitrogen and oxygen atoms in total. The summed E-state index contributed by atoms with van der Waals surface area (Å²) in [6.45, 7) is 9.10. The van der Waals surface area contributed by atoms with Crippen LogP contribution < -0.4 is 5.32 Å². The summed E-state index contributed by atoms with van der Waals surface area (Å²) < 4.78 is 5.63. The Hall–Kier alpha value is -0.630. The Morgan fingerprint density at radius 3 is 2.78 bits per heavy atom. The number of hydrogen-bond acceptors (Lipinski definition) is 4. The number of nitriles is 1. The van der Waals surface area contributed by atoms with Crippen molar-refractivity contribution >= 4 is 0 Å². The molecule has 2 aliphatic rings. The minimum atomic E-state index is -0.373. The fraction of sp³-hybridized carbons (Fsp3) is 0.929. The van der Waals surface area contributed by atoms with Gasteiger partial charge < -0.3 is 4.74 Å². The van der Waals surface area contributed by atoms with Crippen LogP contribution >= 0.6 is 0 Å². The maximum absolute atomic E-state index is 9.35. The summed E-state index contributed by atoms with van der Waals surface area (Å²) in [4.78, 5) is 2.44. The van der Waals surface area contributed by atoms with Crippen LogP contribution in [0, 0.1) is 11.3 Å². The maximum Gasteiger partial charge on any atom is 0.105 e. The van der Waals surface area contributed by atoms with Crippen LogP contribution in [0.5, 0.6) is 0 Å². The van der Waals surface area contributed by atoms with E-state index in [1.165, 1.54) is 12.8 Å². The first-order valence-electron chi connectivity index (χ1n) is 7.07. The zero-order valence-corrected chi connectivity index (χ0v) is 11.8. The highest BCUT2D eigenvalue weighted by atomic mass is 16.5. The van der Waals surface area contributed by atoms with Gasteiger partial charge in [0.25, 0.3) is 0 Å². The second kappa shape index (κ2) is 5.56. The fourth-order valence-corrected chi connectivity index (χ4v) is 2.49. The van der Waals surface area contributed by atoms with Crippen molar-refractivity contribution in [3.8, 4) is 6.07 Å². The minimum Gasteiger partial charge on any atom is -0.376 e. The van der Waals surface area contributed by atoms with Crippen molar-refractivity contribution in [3.05, 3.63) is 0 Å². The van der Waals surface area contributed by atoms with Crippen molar-refractivity contribution in [3.63, 3.8) is 0 Å². The summed E-state index contributed by atoms with van der Waals surface area (Å²) in [5, 5.41) is 12.8. The van der Waals surface area contributed by atoms with Crippen molar-refractivity contribution in [1.82, 2.24) is 10.2 Å². The van der Waals surface area contributed by atoms with Gasteiger partial charge in [0.05, 0.1) is 18.8 Å². The first-order chi connectivity index (χ1) is 8.52. The SMILES string of the molecule is CC1CN(CCC(C)(C#N)NC2CC2)C(C)CO1. The van der Waals surface area contributed by atoms with E-state index in [0.717, 1.165) is 26.1 Å². The van der Waals surface area contributed by atoms with Gasteiger partial charge >= 0.3 is 0 Å². The van der Waals surface area contributed by atoms with Crippen LogP contribution in [0.4, 0.5) is 0 Å². The van der Waals surface area contributed by atoms with Crippen LogP contribution in [0.1, 0.15) is 40.0 Å². The molecular formula is C14H25N3O. The van der Waals surface area contributed by atoms with Crippen molar-refractivity contribution in [2.45, 2.75) is 63.8 Å². The third kappa shape index (κ3) is 3.68. The summed E-state index contributed by atoms with van der Waals surface area (Å²) in [6, 6.07) is 3.49. The van der Waals surface area contributed by atoms with E-state index in [-0.39, 0.29) is 5.54 Å². The highest BCUT2D eigenvalue weighted by Crippen LogP contribution is 2.24. The molecule has 1 saturated heterocycles. The molecule has 1 aliphatic carbocycles. The molecule has 0 radical (unpaired) electrons. The molecule has 1 aliphatic heterocycles. The van der Waals surface area contributed by atoms with E-state index in [1.54, 1.807) is 0 Å². The van der Waals surface area contributed by atoms with Gasteiger partial charge in [0.15, 0.2) is 0 Å². The predicted molar refractivity (Wildman–Crippen MR) is 71.2 cm³/mol. The summed E-state index contributed by atoms with van der Waals surface area (Å²) >= 11 is 0. The lowest BCUT2D eigenvalue weighted by atomic mass is 9.98. The molecule has 1 heterocycles. The van der Waals surface area contributed by atoms with E-state index in [4.69, 9.17) is 4.74 Å². The van der Waals surface area contributed by atoms with Gasteiger partial charge in [-0.1, -0.05) is 0 Å². The van der Waals surface area contributed by atoms with Gasteiger partial charge in [-0.2, -0.15) is 5.26 Å². The van der Waals surface area contributed by atoms with Crippen molar-refractivity contribution < 1.29 is 4.74 Å². The second-order valence-electron chi connectivity index (χ2n) is 6.10. The molecular weight excluding hydrogens is 226 g/mol. The standard InChI is InChI=1S/C14H25N3O/c1-11-9-18-12(2)8-17(11)7-6-14(3,10-15)16-13-4-5-13/h11-13,16H,4-9H2,1-3H3. The van der Waals surface area contributed by atoms with Crippen LogP contribution in [0.25, 0.3) is 0 Å². The van der Waals surface area contributed by atoms with Crippen LogP contribution in [-0.2, 0) is 4.74 Å². The molecule has 0 aromatic rings. The Bertz CT molecular complexity index is 323. The molecule has 4 heteroatoms. The molecule has 1 N–H and O–H groups in total. The Labute approximate surface area is 110 Å². The monoisotopic (exact) mass is 251 g/mol. The average molecular weight is 251 g/mol. The van der Waals surface area contributed by atoms with E-state index >= 15 is 0 Å². The molecule has 102 valence electrons. The van der Waals surface area contributed by atoms with E-state index in [1.807, 2.05) is 6.92 Å². The van der Waals surface area contributed by atoms with Gasteiger partial charge in [0.1, 0.15) is 5.54 Å². The number of rotatable bonds is 5. The lowest BCUT2D eigenvalue weighted by molar-refractivity contribution is -0.0508. The van der Waals surface area contributed by atoms with Crippen LogP contribution in [0.3, 0.4) is 0 Å². The van der Waals surface area contributed by atoms with Crippen molar-refractivity contribution in [2.24, 2.45) is 0 Å². The zero-order valence-electron chi connectivity index (χ0n) is 11.8. The van der Waals surface area contributed by atoms with Crippen LogP contribution in [-0.4, -0.2) is 48.3 Å². The topological polar surface area (TPSA) is 48.3 Å². The molecule has 0 spiro atoms. The largest absolute Gasteiger partial charge is 0.376 e. The number of morpholine rings is 1. The molecule has 18 heavy (non-hydrogen) atoms. The average Bonchev–Trinajstić information content (AvgIpc) is 3.14. The summed E-state index contributed by atoms with van der Waals surface area (Å²) in [5.74, 6) is 0. The molecule has 0 amide bonds. The Balaban J connectivity index is 1.82. The smallest absolute Gasteiger partial charge is 0.105 e.